The van der Waals surface area contributed by atoms with Gasteiger partial charge in [0.15, 0.2) is 58.0 Å². The van der Waals surface area contributed by atoms with Gasteiger partial charge in [0.1, 0.15) is 16.6 Å². The van der Waals surface area contributed by atoms with Gasteiger partial charge in [0.2, 0.25) is 17.1 Å². The number of aromatic amines is 3. The second-order valence-electron chi connectivity index (χ2n) is 31.3. The van der Waals surface area contributed by atoms with Crippen LogP contribution in [0.4, 0.5) is 22.2 Å². The number of rotatable bonds is 11. The van der Waals surface area contributed by atoms with Crippen molar-refractivity contribution >= 4 is 156 Å². The SMILES string of the molecule is C.C1C[C@H]2C[C@@H]1CO2.CS(=O)(=O)O.CS(=O)(=O)O.Cl.F.O=Cc1cnc2oc3c(N4CCOCC4)nc(-c4cccc5[nH]ccc45)nc3c2c1.c1cc(-c2nc(N3CCOCC3)c3oc4ncc(CN5C[C@H]6C[C@@H]5CO6)cc4c3n2)c2cc[nH]c2c1.c1cc(-c2nc(N3CCOCC3)c3oc4ncc(CN5C[C@H]6C[C@@H]5CO6)cc4c3n2)c2cc[nH]c2c1. The van der Waals surface area contributed by atoms with Gasteiger partial charge in [-0.1, -0.05) is 43.8 Å². The van der Waals surface area contributed by atoms with E-state index in [0.717, 1.165) is 186 Å². The second-order valence-corrected chi connectivity index (χ2v) is 34.2. The first-order valence-electron chi connectivity index (χ1n) is 40.0. The van der Waals surface area contributed by atoms with Crippen LogP contribution in [0.3, 0.4) is 0 Å². The molecule has 1 saturated carbocycles. The molecule has 9 fully saturated rings. The van der Waals surface area contributed by atoms with Gasteiger partial charge in [-0.2, -0.15) is 16.8 Å². The zero-order valence-corrected chi connectivity index (χ0v) is 68.6. The molecular weight excluding hydrogens is 1630 g/mol. The molecule has 6 atom stereocenters. The number of nitrogens with one attached hydrogen (secondary N) is 3. The summed E-state index contributed by atoms with van der Waals surface area (Å²) in [6, 6.07) is 31.7. The minimum Gasteiger partial charge on any atom is -0.432 e. The van der Waals surface area contributed by atoms with Crippen molar-refractivity contribution in [2.75, 3.05) is 139 Å². The molecule has 24 rings (SSSR count). The molecule has 8 aliphatic heterocycles. The Labute approximate surface area is 705 Å². The van der Waals surface area contributed by atoms with Gasteiger partial charge >= 0.3 is 0 Å². The summed E-state index contributed by atoms with van der Waals surface area (Å²) in [6.07, 6.45) is 21.2. The summed E-state index contributed by atoms with van der Waals surface area (Å²) < 4.78 is 104. The van der Waals surface area contributed by atoms with Crippen LogP contribution in [0.5, 0.6) is 0 Å². The molecule has 6 bridgehead atoms. The van der Waals surface area contributed by atoms with Crippen molar-refractivity contribution in [1.82, 2.24) is 69.6 Å². The summed E-state index contributed by atoms with van der Waals surface area (Å²) in [7, 11) is -7.33. The zero-order chi connectivity index (χ0) is 81.0. The van der Waals surface area contributed by atoms with Gasteiger partial charge in [0.05, 0.1) is 99.8 Å². The highest BCUT2D eigenvalue weighted by Crippen LogP contribution is 2.42. The van der Waals surface area contributed by atoms with E-state index in [1.807, 2.05) is 67.4 Å². The fourth-order valence-corrected chi connectivity index (χ4v) is 17.5. The summed E-state index contributed by atoms with van der Waals surface area (Å²) in [5, 5.41) is 5.81. The molecule has 33 nitrogen and oxygen atoms in total. The number of ether oxygens (including phenoxy) is 6. The summed E-state index contributed by atoms with van der Waals surface area (Å²) in [5.41, 5.74) is 14.7. The lowest BCUT2D eigenvalue weighted by Crippen LogP contribution is -2.37. The number of benzene rings is 3. The van der Waals surface area contributed by atoms with Gasteiger partial charge in [0.25, 0.3) is 20.2 Å². The Balaban J connectivity index is 0.000000122. The van der Waals surface area contributed by atoms with Crippen LogP contribution in [0.15, 0.2) is 141 Å². The first-order valence-corrected chi connectivity index (χ1v) is 43.7. The Morgan fingerprint density at radius 1 is 0.459 bits per heavy atom. The summed E-state index contributed by atoms with van der Waals surface area (Å²) in [4.78, 5) is 76.5. The maximum atomic E-state index is 11.3. The largest absolute Gasteiger partial charge is 0.432 e. The van der Waals surface area contributed by atoms with Crippen molar-refractivity contribution in [3.05, 3.63) is 145 Å². The lowest BCUT2D eigenvalue weighted by atomic mass is 10.1. The number of nitrogens with zero attached hydrogens (tertiary/aromatic N) is 14. The molecular formula is C85H93ClFN17O16S2. The van der Waals surface area contributed by atoms with Gasteiger partial charge in [-0.05, 0) is 104 Å². The minimum atomic E-state index is -3.67. The summed E-state index contributed by atoms with van der Waals surface area (Å²) >= 11 is 0. The highest BCUT2D eigenvalue weighted by Gasteiger charge is 2.41. The van der Waals surface area contributed by atoms with Gasteiger partial charge in [-0.25, -0.2) is 44.9 Å². The van der Waals surface area contributed by atoms with E-state index in [9.17, 15) is 21.6 Å². The molecule has 640 valence electrons. The summed E-state index contributed by atoms with van der Waals surface area (Å²) in [6.45, 7) is 14.8. The number of halogens is 2. The van der Waals surface area contributed by atoms with E-state index in [1.165, 1.54) is 36.6 Å². The van der Waals surface area contributed by atoms with Gasteiger partial charge in [-0.3, -0.25) is 28.4 Å². The average Bonchev–Trinajstić information content (AvgIpc) is 1.62. The Bertz CT molecular complexity index is 6250. The maximum absolute atomic E-state index is 11.3. The molecule has 3 aromatic carbocycles. The molecule has 15 aromatic rings. The predicted molar refractivity (Wildman–Crippen MR) is 463 cm³/mol. The van der Waals surface area contributed by atoms with Crippen LogP contribution in [0.1, 0.15) is 61.0 Å². The Morgan fingerprint density at radius 3 is 1.12 bits per heavy atom. The third kappa shape index (κ3) is 18.0. The molecule has 20 heterocycles. The van der Waals surface area contributed by atoms with E-state index in [4.69, 9.17) is 90.6 Å². The molecule has 37 heteroatoms. The number of carbonyl (C=O) groups excluding carboxylic acids is 1. The van der Waals surface area contributed by atoms with Crippen molar-refractivity contribution in [3.63, 3.8) is 0 Å². The number of fused-ring (bicyclic) bond motifs is 18. The Kier molecular flexibility index (Phi) is 25.0. The molecule has 5 N–H and O–H groups in total. The first-order chi connectivity index (χ1) is 57.9. The number of aromatic nitrogens is 12. The number of furan rings is 3. The Morgan fingerprint density at radius 2 is 0.820 bits per heavy atom. The van der Waals surface area contributed by atoms with Gasteiger partial charge in [-0.15, -0.1) is 12.4 Å². The number of hydrogen-bond donors (Lipinski definition) is 5. The highest BCUT2D eigenvalue weighted by atomic mass is 35.5. The third-order valence-corrected chi connectivity index (χ3v) is 23.0. The second kappa shape index (κ2) is 35.9. The smallest absolute Gasteiger partial charge is 0.261 e. The number of morpholine rings is 5. The van der Waals surface area contributed by atoms with E-state index < -0.39 is 20.2 Å². The molecule has 9 aliphatic rings. The van der Waals surface area contributed by atoms with Crippen molar-refractivity contribution in [2.24, 2.45) is 5.92 Å². The van der Waals surface area contributed by atoms with Crippen molar-refractivity contribution in [3.8, 4) is 34.2 Å². The van der Waals surface area contributed by atoms with Crippen LogP contribution >= 0.6 is 12.4 Å². The fraction of sp³-hybridized carbons (Fsp3) is 0.388. The maximum Gasteiger partial charge on any atom is 0.261 e. The standard InChI is InChI=1S/2C27H26N6O3.C22H17N5O3.C6H10O.2CH4O3S.CH4.ClH.FH/c2*1-2-20(19-4-5-28-22(19)3-1)25-30-23-21-10-16(13-33-14-18-11-17(33)15-35-18)12-29-27(21)36-24(23)26(31-25)32-6-8-34-9-7-32;28-12-13-10-16-18-19(30-22(16)24-11-13)21(27-6-8-29-9-7-27)26-20(25-18)15-2-1-3-17-14(15)4-5-23-17;1-2-6-3-5(1)4-7-6;2*1-5(2,3)4;;;/h2*1-5,10,12,17-18,28H,6-9,11,13-15H2;1-5,10-12,23H,6-9H2;5-6H,1-4H2;2*1H3,(H,2,3,4);1H4;2*1H/t2*17-,18-;;5-,6+;;;;;/m11.1...../s1. The van der Waals surface area contributed by atoms with E-state index in [2.05, 4.69) is 93.0 Å². The Hall–Kier alpha value is -10.8. The minimum absolute atomic E-state index is 0. The van der Waals surface area contributed by atoms with Crippen LogP contribution in [0.2, 0.25) is 0 Å². The van der Waals surface area contributed by atoms with E-state index >= 15 is 0 Å². The van der Waals surface area contributed by atoms with Crippen molar-refractivity contribution in [1.29, 1.82) is 0 Å². The average molecular weight is 1730 g/mol. The fourth-order valence-electron chi connectivity index (χ4n) is 17.5. The van der Waals surface area contributed by atoms with Crippen molar-refractivity contribution in [2.45, 2.75) is 83.0 Å². The normalized spacial score (nSPS) is 20.6. The molecule has 8 saturated heterocycles. The molecule has 122 heavy (non-hydrogen) atoms. The summed E-state index contributed by atoms with van der Waals surface area (Å²) in [5.74, 6) is 5.27. The first kappa shape index (κ1) is 84.8. The number of hydrogen-bond acceptors (Lipinski definition) is 28. The van der Waals surface area contributed by atoms with Crippen LogP contribution in [0, 0.1) is 5.92 Å². The quantitative estimate of drug-likeness (QED) is 0.0593. The van der Waals surface area contributed by atoms with Crippen LogP contribution < -0.4 is 14.7 Å². The topological polar surface area (TPSA) is 400 Å². The third-order valence-electron chi connectivity index (χ3n) is 23.0. The molecule has 0 unspecified atom stereocenters. The van der Waals surface area contributed by atoms with E-state index in [1.54, 1.807) is 6.07 Å². The highest BCUT2D eigenvalue weighted by molar-refractivity contribution is 7.85. The van der Waals surface area contributed by atoms with E-state index in [-0.39, 0.29) is 24.5 Å². The number of H-pyrrole nitrogens is 3. The molecule has 0 amide bonds. The zero-order valence-electron chi connectivity index (χ0n) is 66.1. The number of carbonyl (C=O) groups is 1. The molecule has 12 aromatic heterocycles. The number of pyridine rings is 3. The molecule has 1 aliphatic carbocycles. The molecule has 0 radical (unpaired) electrons. The molecule has 0 spiro atoms. The monoisotopic (exact) mass is 1730 g/mol. The number of aldehydes is 1. The van der Waals surface area contributed by atoms with Gasteiger partial charge in [0, 0.05) is 176 Å². The number of likely N-dealkylation sites (tertiary alicyclic amines) is 2. The van der Waals surface area contributed by atoms with Crippen molar-refractivity contribution < 1.29 is 77.1 Å². The van der Waals surface area contributed by atoms with Crippen LogP contribution in [-0.4, -0.2) is 257 Å². The lowest BCUT2D eigenvalue weighted by Gasteiger charge is -2.27. The lowest BCUT2D eigenvalue weighted by molar-refractivity contribution is 0.0272. The van der Waals surface area contributed by atoms with Gasteiger partial charge < -0.3 is 71.3 Å². The van der Waals surface area contributed by atoms with Crippen LogP contribution in [0.25, 0.3) is 133 Å². The van der Waals surface area contributed by atoms with E-state index in [0.29, 0.717) is 163 Å². The van der Waals surface area contributed by atoms with Crippen LogP contribution in [-0.2, 0) is 61.7 Å². The predicted octanol–water partition coefficient (Wildman–Crippen LogP) is 12.4. The number of anilines is 3.